The first kappa shape index (κ1) is 10.6. The van der Waals surface area contributed by atoms with Crippen LogP contribution in [0.2, 0.25) is 0 Å². The van der Waals surface area contributed by atoms with Crippen LogP contribution in [-0.4, -0.2) is 4.98 Å². The minimum Gasteiger partial charge on any atom is -0.438 e. The third kappa shape index (κ3) is 1.61. The van der Waals surface area contributed by atoms with Crippen LogP contribution >= 0.6 is 0 Å². The van der Waals surface area contributed by atoms with Gasteiger partial charge in [0.2, 0.25) is 0 Å². The number of benzene rings is 1. The first-order valence-corrected chi connectivity index (χ1v) is 6.33. The Morgan fingerprint density at radius 1 is 1.24 bits per heavy atom. The molecule has 1 saturated carbocycles. The number of aryl methyl sites for hydroxylation is 2. The molecular formula is C14H18N2O. The van der Waals surface area contributed by atoms with E-state index in [2.05, 4.69) is 18.0 Å². The van der Waals surface area contributed by atoms with Crippen molar-refractivity contribution in [1.29, 1.82) is 0 Å². The van der Waals surface area contributed by atoms with Crippen molar-refractivity contribution < 1.29 is 4.42 Å². The van der Waals surface area contributed by atoms with Gasteiger partial charge in [-0.15, -0.1) is 0 Å². The average Bonchev–Trinajstić information content (AvgIpc) is 2.94. The van der Waals surface area contributed by atoms with Crippen LogP contribution in [0, 0.1) is 13.8 Å². The van der Waals surface area contributed by atoms with E-state index in [1.807, 2.05) is 6.92 Å². The molecule has 3 rings (SSSR count). The van der Waals surface area contributed by atoms with Gasteiger partial charge in [0, 0.05) is 5.92 Å². The molecule has 17 heavy (non-hydrogen) atoms. The van der Waals surface area contributed by atoms with E-state index >= 15 is 0 Å². The molecule has 0 atom stereocenters. The Morgan fingerprint density at radius 2 is 1.94 bits per heavy atom. The Kier molecular flexibility index (Phi) is 2.35. The molecule has 1 aromatic carbocycles. The lowest BCUT2D eigenvalue weighted by Gasteiger charge is -2.02. The van der Waals surface area contributed by atoms with Crippen molar-refractivity contribution in [2.45, 2.75) is 45.4 Å². The maximum atomic E-state index is 6.07. The van der Waals surface area contributed by atoms with E-state index in [-0.39, 0.29) is 0 Å². The van der Waals surface area contributed by atoms with Crippen molar-refractivity contribution in [3.63, 3.8) is 0 Å². The maximum Gasteiger partial charge on any atom is 0.198 e. The highest BCUT2D eigenvalue weighted by Gasteiger charge is 2.23. The summed E-state index contributed by atoms with van der Waals surface area (Å²) in [5, 5.41) is 0. The highest BCUT2D eigenvalue weighted by atomic mass is 16.3. The average molecular weight is 230 g/mol. The first-order valence-electron chi connectivity index (χ1n) is 6.33. The van der Waals surface area contributed by atoms with E-state index in [9.17, 15) is 0 Å². The number of anilines is 1. The molecule has 2 aromatic rings. The summed E-state index contributed by atoms with van der Waals surface area (Å²) in [6, 6.07) is 2.08. The van der Waals surface area contributed by atoms with E-state index in [4.69, 9.17) is 10.2 Å². The number of oxazole rings is 1. The fourth-order valence-corrected chi connectivity index (χ4v) is 2.78. The Bertz CT molecular complexity index is 565. The fraction of sp³-hybridized carbons (Fsp3) is 0.500. The van der Waals surface area contributed by atoms with Crippen molar-refractivity contribution >= 4 is 16.8 Å². The summed E-state index contributed by atoms with van der Waals surface area (Å²) in [5.41, 5.74) is 10.8. The van der Waals surface area contributed by atoms with E-state index < -0.39 is 0 Å². The fourth-order valence-electron chi connectivity index (χ4n) is 2.78. The highest BCUT2D eigenvalue weighted by Crippen LogP contribution is 2.37. The quantitative estimate of drug-likeness (QED) is 0.760. The van der Waals surface area contributed by atoms with Gasteiger partial charge in [0.1, 0.15) is 5.52 Å². The summed E-state index contributed by atoms with van der Waals surface area (Å²) in [5.74, 6) is 1.39. The normalized spacial score (nSPS) is 17.1. The SMILES string of the molecule is Cc1cc(C)c2nc(C3CCCC3)oc2c1N. The minimum absolute atomic E-state index is 0.501. The summed E-state index contributed by atoms with van der Waals surface area (Å²) in [7, 11) is 0. The molecule has 0 bridgehead atoms. The van der Waals surface area contributed by atoms with Gasteiger partial charge in [0.25, 0.3) is 0 Å². The van der Waals surface area contributed by atoms with Crippen molar-refractivity contribution in [3.8, 4) is 0 Å². The Hall–Kier alpha value is -1.51. The first-order chi connectivity index (χ1) is 8.16. The summed E-state index contributed by atoms with van der Waals surface area (Å²) in [4.78, 5) is 4.65. The zero-order valence-corrected chi connectivity index (χ0v) is 10.4. The smallest absolute Gasteiger partial charge is 0.198 e. The molecule has 90 valence electrons. The number of nitrogen functional groups attached to an aromatic ring is 1. The van der Waals surface area contributed by atoms with Crippen LogP contribution in [0.3, 0.4) is 0 Å². The van der Waals surface area contributed by atoms with Crippen molar-refractivity contribution in [1.82, 2.24) is 4.98 Å². The van der Waals surface area contributed by atoms with Crippen molar-refractivity contribution in [2.24, 2.45) is 0 Å². The lowest BCUT2D eigenvalue weighted by Crippen LogP contribution is -1.91. The zero-order valence-electron chi connectivity index (χ0n) is 10.4. The largest absolute Gasteiger partial charge is 0.438 e. The topological polar surface area (TPSA) is 52.0 Å². The van der Waals surface area contributed by atoms with Gasteiger partial charge in [-0.05, 0) is 37.8 Å². The van der Waals surface area contributed by atoms with Crippen LogP contribution in [0.5, 0.6) is 0 Å². The molecule has 0 spiro atoms. The van der Waals surface area contributed by atoms with E-state index in [0.717, 1.165) is 33.8 Å². The summed E-state index contributed by atoms with van der Waals surface area (Å²) in [6.45, 7) is 4.08. The van der Waals surface area contributed by atoms with Crippen LogP contribution in [-0.2, 0) is 0 Å². The predicted molar refractivity (Wildman–Crippen MR) is 69.1 cm³/mol. The van der Waals surface area contributed by atoms with Crippen LogP contribution < -0.4 is 5.73 Å². The standard InChI is InChI=1S/C14H18N2O/c1-8-7-9(2)12-13(11(8)15)17-14(16-12)10-5-3-4-6-10/h7,10H,3-6,15H2,1-2H3. The summed E-state index contributed by atoms with van der Waals surface area (Å²) < 4.78 is 5.91. The Labute approximate surface area is 101 Å². The molecule has 0 unspecified atom stereocenters. The van der Waals surface area contributed by atoms with Gasteiger partial charge in [-0.3, -0.25) is 0 Å². The lowest BCUT2D eigenvalue weighted by atomic mass is 10.1. The molecule has 1 fully saturated rings. The molecular weight excluding hydrogens is 212 g/mol. The van der Waals surface area contributed by atoms with Gasteiger partial charge in [0.15, 0.2) is 11.5 Å². The third-order valence-electron chi connectivity index (χ3n) is 3.82. The number of hydrogen-bond acceptors (Lipinski definition) is 3. The number of fused-ring (bicyclic) bond motifs is 1. The van der Waals surface area contributed by atoms with Gasteiger partial charge in [-0.1, -0.05) is 18.9 Å². The number of nitrogens with two attached hydrogens (primary N) is 1. The minimum atomic E-state index is 0.501. The van der Waals surface area contributed by atoms with Crippen LogP contribution in [0.4, 0.5) is 5.69 Å². The van der Waals surface area contributed by atoms with E-state index in [1.54, 1.807) is 0 Å². The number of rotatable bonds is 1. The summed E-state index contributed by atoms with van der Waals surface area (Å²) in [6.07, 6.45) is 4.98. The molecule has 0 aliphatic heterocycles. The van der Waals surface area contributed by atoms with Gasteiger partial charge in [0.05, 0.1) is 5.69 Å². The monoisotopic (exact) mass is 230 g/mol. The maximum absolute atomic E-state index is 6.07. The van der Waals surface area contributed by atoms with E-state index in [0.29, 0.717) is 5.92 Å². The molecule has 1 aromatic heterocycles. The predicted octanol–water partition coefficient (Wildman–Crippen LogP) is 3.68. The molecule has 1 heterocycles. The second kappa shape index (κ2) is 3.76. The molecule has 2 N–H and O–H groups in total. The lowest BCUT2D eigenvalue weighted by molar-refractivity contribution is 0.475. The van der Waals surface area contributed by atoms with Gasteiger partial charge in [-0.25, -0.2) is 4.98 Å². The molecule has 1 aliphatic rings. The molecule has 0 radical (unpaired) electrons. The second-order valence-electron chi connectivity index (χ2n) is 5.14. The van der Waals surface area contributed by atoms with E-state index in [1.165, 1.54) is 25.7 Å². The van der Waals surface area contributed by atoms with Crippen LogP contribution in [0.15, 0.2) is 10.5 Å². The number of hydrogen-bond donors (Lipinski definition) is 1. The van der Waals surface area contributed by atoms with Gasteiger partial charge >= 0.3 is 0 Å². The highest BCUT2D eigenvalue weighted by molar-refractivity contribution is 5.89. The van der Waals surface area contributed by atoms with Gasteiger partial charge in [-0.2, -0.15) is 0 Å². The third-order valence-corrected chi connectivity index (χ3v) is 3.82. The van der Waals surface area contributed by atoms with Crippen molar-refractivity contribution in [3.05, 3.63) is 23.1 Å². The summed E-state index contributed by atoms with van der Waals surface area (Å²) >= 11 is 0. The Morgan fingerprint density at radius 3 is 2.65 bits per heavy atom. The second-order valence-corrected chi connectivity index (χ2v) is 5.14. The van der Waals surface area contributed by atoms with Gasteiger partial charge < -0.3 is 10.2 Å². The van der Waals surface area contributed by atoms with Crippen LogP contribution in [0.25, 0.3) is 11.1 Å². The van der Waals surface area contributed by atoms with Crippen LogP contribution in [0.1, 0.15) is 48.6 Å². The molecule has 3 heteroatoms. The van der Waals surface area contributed by atoms with Crippen molar-refractivity contribution in [2.75, 3.05) is 5.73 Å². The Balaban J connectivity index is 2.17. The number of aromatic nitrogens is 1. The molecule has 3 nitrogen and oxygen atoms in total. The zero-order chi connectivity index (χ0) is 12.0. The molecule has 0 saturated heterocycles. The molecule has 1 aliphatic carbocycles. The number of nitrogens with zero attached hydrogens (tertiary/aromatic N) is 1. The molecule has 0 amide bonds.